The van der Waals surface area contributed by atoms with Crippen molar-refractivity contribution >= 4 is 35.3 Å². The smallest absolute Gasteiger partial charge is 0.413 e. The van der Waals surface area contributed by atoms with Crippen LogP contribution in [0.15, 0.2) is 45.8 Å². The van der Waals surface area contributed by atoms with Crippen LogP contribution in [-0.4, -0.2) is 51.0 Å². The number of nitrogens with one attached hydrogen (secondary N) is 1. The molecule has 2 aromatic rings. The van der Waals surface area contributed by atoms with Gasteiger partial charge in [-0.15, -0.1) is 0 Å². The Balaban J connectivity index is 1.80. The molecule has 1 saturated heterocycles. The number of aliphatic hydroxyl groups excluding tert-OH is 1. The topological polar surface area (TPSA) is 155 Å². The molecule has 3 rings (SSSR count). The Morgan fingerprint density at radius 2 is 2.09 bits per heavy atom. The maximum absolute atomic E-state index is 15.4. The second kappa shape index (κ2) is 10.2. The van der Waals surface area contributed by atoms with E-state index in [1.807, 2.05) is 0 Å². The number of rotatable bonds is 9. The van der Waals surface area contributed by atoms with E-state index < -0.39 is 50.2 Å². The predicted octanol–water partition coefficient (Wildman–Crippen LogP) is 2.35. The number of nitrogens with zero attached hydrogens (tertiary/aromatic N) is 2. The maximum Gasteiger partial charge on any atom is 0.459 e. The fraction of sp³-hybridized carbons (Fsp3) is 0.450. The number of aromatic nitrogens is 2. The highest BCUT2D eigenvalue weighted by atomic mass is 79.9. The molecule has 1 aliphatic heterocycles. The fourth-order valence-corrected chi connectivity index (χ4v) is 5.02. The minimum atomic E-state index is -4.19. The van der Waals surface area contributed by atoms with Crippen molar-refractivity contribution in [3.05, 3.63) is 51.5 Å². The molecule has 0 amide bonds. The molecule has 14 heteroatoms. The van der Waals surface area contributed by atoms with Crippen LogP contribution in [0.2, 0.25) is 0 Å². The van der Waals surface area contributed by atoms with Crippen molar-refractivity contribution in [1.29, 1.82) is 0 Å². The van der Waals surface area contributed by atoms with Gasteiger partial charge in [0.05, 0.1) is 12.6 Å². The summed E-state index contributed by atoms with van der Waals surface area (Å²) in [4.78, 5) is 27.4. The molecule has 1 fully saturated rings. The molecular weight excluding hydrogens is 538 g/mol. The number of carbonyl (C=O) groups is 1. The van der Waals surface area contributed by atoms with Crippen molar-refractivity contribution < 1.29 is 32.6 Å². The van der Waals surface area contributed by atoms with Crippen molar-refractivity contribution in [3.63, 3.8) is 0 Å². The molecule has 0 bridgehead atoms. The number of ketones is 1. The van der Waals surface area contributed by atoms with Gasteiger partial charge in [0.15, 0.2) is 11.9 Å². The second-order valence-electron chi connectivity index (χ2n) is 7.97. The lowest BCUT2D eigenvalue weighted by Crippen LogP contribution is -2.43. The van der Waals surface area contributed by atoms with E-state index in [4.69, 9.17) is 19.5 Å². The Kier molecular flexibility index (Phi) is 7.96. The zero-order chi connectivity index (χ0) is 25.3. The molecule has 1 aromatic heterocycles. The van der Waals surface area contributed by atoms with Crippen molar-refractivity contribution in [2.24, 2.45) is 0 Å². The van der Waals surface area contributed by atoms with Gasteiger partial charge in [0.1, 0.15) is 29.6 Å². The number of hydrogen-bond donors (Lipinski definition) is 3. The van der Waals surface area contributed by atoms with Gasteiger partial charge in [-0.25, -0.2) is 18.8 Å². The van der Waals surface area contributed by atoms with Crippen LogP contribution in [0.4, 0.5) is 10.2 Å². The normalized spacial score (nSPS) is 27.2. The van der Waals surface area contributed by atoms with Crippen molar-refractivity contribution in [1.82, 2.24) is 14.6 Å². The first-order chi connectivity index (χ1) is 15.8. The van der Waals surface area contributed by atoms with Gasteiger partial charge in [0, 0.05) is 10.7 Å². The molecule has 4 N–H and O–H groups in total. The highest BCUT2D eigenvalue weighted by Gasteiger charge is 2.55. The van der Waals surface area contributed by atoms with Gasteiger partial charge in [0.25, 0.3) is 0 Å². The number of ether oxygens (including phenoxy) is 1. The fourth-order valence-electron chi connectivity index (χ4n) is 3.18. The van der Waals surface area contributed by atoms with Crippen molar-refractivity contribution in [3.8, 4) is 5.75 Å². The number of aliphatic hydroxyl groups is 1. The first-order valence-corrected chi connectivity index (χ1v) is 12.5. The summed E-state index contributed by atoms with van der Waals surface area (Å²) in [6.45, 7) is 3.24. The molecule has 2 heterocycles. The number of benzene rings is 1. The van der Waals surface area contributed by atoms with E-state index in [1.54, 1.807) is 12.1 Å². The third-order valence-electron chi connectivity index (χ3n) is 5.23. The molecule has 186 valence electrons. The molecule has 0 saturated carbocycles. The van der Waals surface area contributed by atoms with Crippen LogP contribution in [-0.2, 0) is 18.6 Å². The standard InChI is InChI=1S/C20H25BrFN4O7P/c1-11(12(2)27)25-34(30,33-14-6-4-13(21)5-7-14)31-10-15-17(28)20(3,22)18(32-15)26-9-8-16(23)24-19(26)29/h4-9,11,15,17-18,28H,10H2,1-3H3,(H,25,30)(H2,23,24,29)/t11-,15+,17+,18+,20+,34?/m0/s1. The molecule has 0 spiro atoms. The quantitative estimate of drug-likeness (QED) is 0.388. The second-order valence-corrected chi connectivity index (χ2v) is 10.6. The molecule has 0 radical (unpaired) electrons. The van der Waals surface area contributed by atoms with E-state index in [9.17, 15) is 19.3 Å². The molecule has 0 aliphatic carbocycles. The summed E-state index contributed by atoms with van der Waals surface area (Å²) in [7, 11) is -4.19. The van der Waals surface area contributed by atoms with Crippen LogP contribution in [0.1, 0.15) is 27.0 Å². The number of hydrogen-bond acceptors (Lipinski definition) is 9. The van der Waals surface area contributed by atoms with E-state index >= 15 is 4.39 Å². The summed E-state index contributed by atoms with van der Waals surface area (Å²) >= 11 is 3.28. The number of nitrogen functional groups attached to an aromatic ring is 1. The molecule has 1 aliphatic rings. The lowest BCUT2D eigenvalue weighted by atomic mass is 9.98. The maximum atomic E-state index is 15.4. The Bertz CT molecular complexity index is 1150. The summed E-state index contributed by atoms with van der Waals surface area (Å²) in [6, 6.07) is 6.73. The molecule has 6 atom stereocenters. The van der Waals surface area contributed by atoms with E-state index in [1.165, 1.54) is 38.2 Å². The van der Waals surface area contributed by atoms with Gasteiger partial charge in [-0.05, 0) is 51.1 Å². The lowest BCUT2D eigenvalue weighted by molar-refractivity contribution is -0.118. The number of alkyl halides is 1. The van der Waals surface area contributed by atoms with Crippen molar-refractivity contribution in [2.45, 2.75) is 50.9 Å². The third kappa shape index (κ3) is 5.91. The summed E-state index contributed by atoms with van der Waals surface area (Å²) in [5.41, 5.74) is 2.17. The van der Waals surface area contributed by atoms with Gasteiger partial charge in [-0.1, -0.05) is 15.9 Å². The van der Waals surface area contributed by atoms with Gasteiger partial charge >= 0.3 is 13.4 Å². The Labute approximate surface area is 203 Å². The first kappa shape index (κ1) is 26.5. The minimum absolute atomic E-state index is 0.0584. The zero-order valence-corrected chi connectivity index (χ0v) is 21.0. The highest BCUT2D eigenvalue weighted by Crippen LogP contribution is 2.47. The van der Waals surface area contributed by atoms with E-state index in [-0.39, 0.29) is 17.4 Å². The summed E-state index contributed by atoms with van der Waals surface area (Å²) in [5, 5.41) is 13.0. The largest absolute Gasteiger partial charge is 0.459 e. The monoisotopic (exact) mass is 562 g/mol. The Morgan fingerprint density at radius 1 is 1.44 bits per heavy atom. The summed E-state index contributed by atoms with van der Waals surface area (Å²) in [5.74, 6) is -0.209. The average Bonchev–Trinajstić information content (AvgIpc) is 2.97. The SMILES string of the molecule is CC(=O)[C@H](C)NP(=O)(OC[C@H]1O[C@@H](n2ccc(N)nc2=O)[C@](C)(F)[C@@H]1O)Oc1ccc(Br)cc1. The van der Waals surface area contributed by atoms with Crippen LogP contribution in [0.25, 0.3) is 0 Å². The van der Waals surface area contributed by atoms with Gasteiger partial charge in [-0.3, -0.25) is 13.9 Å². The third-order valence-corrected chi connectivity index (χ3v) is 7.40. The summed E-state index contributed by atoms with van der Waals surface area (Å²) in [6.07, 6.45) is -3.44. The van der Waals surface area contributed by atoms with Crippen LogP contribution in [0, 0.1) is 0 Å². The Morgan fingerprint density at radius 3 is 2.68 bits per heavy atom. The van der Waals surface area contributed by atoms with Crippen molar-refractivity contribution in [2.75, 3.05) is 12.3 Å². The van der Waals surface area contributed by atoms with Gasteiger partial charge in [-0.2, -0.15) is 4.98 Å². The molecule has 1 unspecified atom stereocenters. The molecule has 11 nitrogen and oxygen atoms in total. The number of anilines is 1. The minimum Gasteiger partial charge on any atom is -0.413 e. The lowest BCUT2D eigenvalue weighted by Gasteiger charge is -2.25. The molecule has 1 aromatic carbocycles. The number of carbonyl (C=O) groups excluding carboxylic acids is 1. The predicted molar refractivity (Wildman–Crippen MR) is 124 cm³/mol. The van der Waals surface area contributed by atoms with Crippen LogP contribution >= 0.6 is 23.7 Å². The van der Waals surface area contributed by atoms with E-state index in [0.29, 0.717) is 0 Å². The van der Waals surface area contributed by atoms with E-state index in [2.05, 4.69) is 26.0 Å². The van der Waals surface area contributed by atoms with E-state index in [0.717, 1.165) is 16.0 Å². The highest BCUT2D eigenvalue weighted by molar-refractivity contribution is 9.10. The number of Topliss-reactive ketones (excluding diaryl/α,β-unsaturated/α-hetero) is 1. The number of nitrogens with two attached hydrogens (primary N) is 1. The number of halogens is 2. The first-order valence-electron chi connectivity index (χ1n) is 10.2. The van der Waals surface area contributed by atoms with Gasteiger partial charge in [0.2, 0.25) is 0 Å². The Hall–Kier alpha value is -2.15. The molecular formula is C20H25BrFN4O7P. The van der Waals surface area contributed by atoms with Crippen LogP contribution < -0.4 is 21.0 Å². The average molecular weight is 563 g/mol. The molecule has 34 heavy (non-hydrogen) atoms. The van der Waals surface area contributed by atoms with Crippen LogP contribution in [0.3, 0.4) is 0 Å². The van der Waals surface area contributed by atoms with Crippen LogP contribution in [0.5, 0.6) is 5.75 Å². The summed E-state index contributed by atoms with van der Waals surface area (Å²) < 4.78 is 46.9. The van der Waals surface area contributed by atoms with Gasteiger partial charge < -0.3 is 20.1 Å². The zero-order valence-electron chi connectivity index (χ0n) is 18.6.